The first kappa shape index (κ1) is 20.1. The highest BCUT2D eigenvalue weighted by molar-refractivity contribution is 5.94. The first-order valence-electron chi connectivity index (χ1n) is 7.20. The molecule has 0 aromatic carbocycles. The Morgan fingerprint density at radius 1 is 1.20 bits per heavy atom. The minimum absolute atomic E-state index is 0.0888. The van der Waals surface area contributed by atoms with Gasteiger partial charge in [-0.25, -0.2) is 9.78 Å². The van der Waals surface area contributed by atoms with E-state index in [2.05, 4.69) is 20.6 Å². The van der Waals surface area contributed by atoms with Gasteiger partial charge >= 0.3 is 5.97 Å². The van der Waals surface area contributed by atoms with Crippen LogP contribution in [0.5, 0.6) is 0 Å². The van der Waals surface area contributed by atoms with Gasteiger partial charge in [-0.1, -0.05) is 0 Å². The first-order chi connectivity index (χ1) is 11.7. The number of primary amides is 1. The number of nitrogens with one attached hydrogen (secondary N) is 3. The Morgan fingerprint density at radius 3 is 2.32 bits per heavy atom. The third kappa shape index (κ3) is 6.56. The number of nitrogens with zero attached hydrogens (tertiary/aromatic N) is 1. The number of aromatic amines is 1. The number of carboxylic acid groups (broad SMARTS) is 1. The Kier molecular flexibility index (Phi) is 7.49. The van der Waals surface area contributed by atoms with Crippen LogP contribution in [0.2, 0.25) is 0 Å². The van der Waals surface area contributed by atoms with Crippen molar-refractivity contribution in [1.82, 2.24) is 20.6 Å². The average Bonchev–Trinajstić information content (AvgIpc) is 3.05. The Hall–Kier alpha value is -2.99. The van der Waals surface area contributed by atoms with Crippen LogP contribution < -0.4 is 22.1 Å². The highest BCUT2D eigenvalue weighted by Gasteiger charge is 2.29. The Labute approximate surface area is 142 Å². The molecule has 0 spiro atoms. The highest BCUT2D eigenvalue weighted by atomic mass is 16.4. The minimum atomic E-state index is -1.42. The first-order valence-corrected chi connectivity index (χ1v) is 7.20. The van der Waals surface area contributed by atoms with Gasteiger partial charge in [0.05, 0.1) is 19.4 Å². The second-order valence-electron chi connectivity index (χ2n) is 5.20. The van der Waals surface area contributed by atoms with Gasteiger partial charge in [0, 0.05) is 18.3 Å². The fourth-order valence-corrected chi connectivity index (χ4v) is 1.86. The number of rotatable bonds is 10. The lowest BCUT2D eigenvalue weighted by atomic mass is 10.1. The molecular formula is C13H20N6O6. The lowest BCUT2D eigenvalue weighted by Gasteiger charge is -2.21. The molecule has 0 fully saturated rings. The third-order valence-electron chi connectivity index (χ3n) is 3.17. The van der Waals surface area contributed by atoms with E-state index in [0.717, 1.165) is 0 Å². The zero-order valence-corrected chi connectivity index (χ0v) is 13.1. The quantitative estimate of drug-likeness (QED) is 0.220. The van der Waals surface area contributed by atoms with Crippen molar-refractivity contribution in [3.05, 3.63) is 18.2 Å². The van der Waals surface area contributed by atoms with Gasteiger partial charge in [0.2, 0.25) is 17.7 Å². The number of nitrogens with two attached hydrogens (primary N) is 2. The van der Waals surface area contributed by atoms with Crippen LogP contribution in [0.4, 0.5) is 0 Å². The van der Waals surface area contributed by atoms with Crippen LogP contribution in [-0.4, -0.2) is 68.6 Å². The molecule has 3 atom stereocenters. The fourth-order valence-electron chi connectivity index (χ4n) is 1.86. The SMILES string of the molecule is NC(=O)CC(NC(=O)C(N)CO)C(=O)NC(Cc1cnc[nH]1)C(=O)O. The molecule has 3 amide bonds. The zero-order chi connectivity index (χ0) is 19.0. The lowest BCUT2D eigenvalue weighted by Crippen LogP contribution is -2.56. The molecule has 1 aromatic heterocycles. The number of aliphatic hydroxyl groups excluding tert-OH is 1. The minimum Gasteiger partial charge on any atom is -0.480 e. The van der Waals surface area contributed by atoms with Crippen molar-refractivity contribution in [3.8, 4) is 0 Å². The van der Waals surface area contributed by atoms with Crippen LogP contribution in [0.3, 0.4) is 0 Å². The van der Waals surface area contributed by atoms with E-state index in [0.29, 0.717) is 5.69 Å². The maximum Gasteiger partial charge on any atom is 0.326 e. The van der Waals surface area contributed by atoms with Crippen molar-refractivity contribution in [3.63, 3.8) is 0 Å². The molecule has 12 heteroatoms. The predicted molar refractivity (Wildman–Crippen MR) is 82.7 cm³/mol. The van der Waals surface area contributed by atoms with Gasteiger partial charge in [0.25, 0.3) is 0 Å². The molecule has 0 radical (unpaired) electrons. The molecule has 12 nitrogen and oxygen atoms in total. The monoisotopic (exact) mass is 356 g/mol. The number of aliphatic hydroxyl groups is 1. The van der Waals surface area contributed by atoms with Gasteiger partial charge < -0.3 is 37.3 Å². The van der Waals surface area contributed by atoms with Crippen molar-refractivity contribution in [2.24, 2.45) is 11.5 Å². The molecule has 1 heterocycles. The number of hydrogen-bond donors (Lipinski definition) is 7. The summed E-state index contributed by atoms with van der Waals surface area (Å²) in [5.74, 6) is -4.02. The van der Waals surface area contributed by atoms with Crippen LogP contribution in [0.25, 0.3) is 0 Å². The van der Waals surface area contributed by atoms with E-state index in [9.17, 15) is 24.3 Å². The lowest BCUT2D eigenvalue weighted by molar-refractivity contribution is -0.142. The highest BCUT2D eigenvalue weighted by Crippen LogP contribution is 2.01. The van der Waals surface area contributed by atoms with E-state index in [1.165, 1.54) is 12.5 Å². The van der Waals surface area contributed by atoms with Crippen molar-refractivity contribution >= 4 is 23.7 Å². The normalized spacial score (nSPS) is 14.2. The molecule has 9 N–H and O–H groups in total. The number of carbonyl (C=O) groups excluding carboxylic acids is 3. The topological polar surface area (TPSA) is 214 Å². The molecule has 138 valence electrons. The molecule has 1 aromatic rings. The maximum absolute atomic E-state index is 12.2. The number of H-pyrrole nitrogens is 1. The molecule has 3 unspecified atom stereocenters. The summed E-state index contributed by atoms with van der Waals surface area (Å²) in [7, 11) is 0. The Bertz CT molecular complexity index is 619. The van der Waals surface area contributed by atoms with Crippen LogP contribution in [-0.2, 0) is 25.6 Å². The Morgan fingerprint density at radius 2 is 1.84 bits per heavy atom. The zero-order valence-electron chi connectivity index (χ0n) is 13.1. The Balaban J connectivity index is 2.81. The fraction of sp³-hybridized carbons (Fsp3) is 0.462. The molecule has 0 bridgehead atoms. The van der Waals surface area contributed by atoms with Gasteiger partial charge in [0.15, 0.2) is 0 Å². The van der Waals surface area contributed by atoms with E-state index in [1.807, 2.05) is 0 Å². The summed E-state index contributed by atoms with van der Waals surface area (Å²) in [4.78, 5) is 52.8. The molecular weight excluding hydrogens is 336 g/mol. The van der Waals surface area contributed by atoms with Crippen molar-refractivity contribution in [1.29, 1.82) is 0 Å². The van der Waals surface area contributed by atoms with E-state index >= 15 is 0 Å². The molecule has 0 saturated carbocycles. The summed E-state index contributed by atoms with van der Waals surface area (Å²) < 4.78 is 0. The van der Waals surface area contributed by atoms with Crippen molar-refractivity contribution < 1.29 is 29.4 Å². The van der Waals surface area contributed by atoms with Gasteiger partial charge in [-0.05, 0) is 0 Å². The van der Waals surface area contributed by atoms with Crippen molar-refractivity contribution in [2.75, 3.05) is 6.61 Å². The number of aliphatic carboxylic acids is 1. The molecule has 0 aliphatic carbocycles. The number of aromatic nitrogens is 2. The molecule has 1 rings (SSSR count). The van der Waals surface area contributed by atoms with Gasteiger partial charge in [-0.2, -0.15) is 0 Å². The number of imidazole rings is 1. The maximum atomic E-state index is 12.2. The summed E-state index contributed by atoms with van der Waals surface area (Å²) >= 11 is 0. The van der Waals surface area contributed by atoms with Gasteiger partial charge in [0.1, 0.15) is 18.1 Å². The molecule has 0 aliphatic heterocycles. The second kappa shape index (κ2) is 9.34. The van der Waals surface area contributed by atoms with Crippen LogP contribution in [0.15, 0.2) is 12.5 Å². The van der Waals surface area contributed by atoms with Crippen molar-refractivity contribution in [2.45, 2.75) is 31.0 Å². The predicted octanol–water partition coefficient (Wildman–Crippen LogP) is -3.80. The summed E-state index contributed by atoms with van der Waals surface area (Å²) in [5, 5.41) is 22.4. The average molecular weight is 356 g/mol. The molecule has 25 heavy (non-hydrogen) atoms. The standard InChI is InChI=1S/C13H20N6O6/c14-7(4-20)11(22)18-8(2-10(15)21)12(23)19-9(13(24)25)1-6-3-16-5-17-6/h3,5,7-9,20H,1-2,4,14H2,(H2,15,21)(H,16,17)(H,18,22)(H,19,23)(H,24,25). The second-order valence-corrected chi connectivity index (χ2v) is 5.20. The smallest absolute Gasteiger partial charge is 0.326 e. The van der Waals surface area contributed by atoms with Crippen LogP contribution in [0.1, 0.15) is 12.1 Å². The summed E-state index contributed by atoms with van der Waals surface area (Å²) in [6.07, 6.45) is 2.09. The summed E-state index contributed by atoms with van der Waals surface area (Å²) in [6.45, 7) is -0.672. The van der Waals surface area contributed by atoms with Gasteiger partial charge in [-0.3, -0.25) is 14.4 Å². The number of hydrogen-bond acceptors (Lipinski definition) is 7. The summed E-state index contributed by atoms with van der Waals surface area (Å²) in [5.41, 5.74) is 10.8. The van der Waals surface area contributed by atoms with E-state index in [-0.39, 0.29) is 6.42 Å². The number of carboxylic acids is 1. The van der Waals surface area contributed by atoms with E-state index in [4.69, 9.17) is 16.6 Å². The third-order valence-corrected chi connectivity index (χ3v) is 3.17. The van der Waals surface area contributed by atoms with Crippen LogP contribution in [0, 0.1) is 0 Å². The largest absolute Gasteiger partial charge is 0.480 e. The summed E-state index contributed by atoms with van der Waals surface area (Å²) in [6, 6.07) is -4.05. The van der Waals surface area contributed by atoms with E-state index < -0.39 is 54.8 Å². The molecule has 0 aliphatic rings. The number of amides is 3. The van der Waals surface area contributed by atoms with Gasteiger partial charge in [-0.15, -0.1) is 0 Å². The molecule has 0 saturated heterocycles. The van der Waals surface area contributed by atoms with E-state index in [1.54, 1.807) is 0 Å². The number of carbonyl (C=O) groups is 4. The van der Waals surface area contributed by atoms with Crippen LogP contribution >= 0.6 is 0 Å².